The van der Waals surface area contributed by atoms with Crippen molar-refractivity contribution in [3.05, 3.63) is 76.3 Å². The van der Waals surface area contributed by atoms with Gasteiger partial charge in [0, 0.05) is 35.2 Å². The SMILES string of the molecule is COc1c(C(C)Nc2ncnc3[nH]cnc23)cc(Cl)c(C)c1C1CN(C(=O)OCc2ccccc2)C1. The molecule has 4 aromatic rings. The van der Waals surface area contributed by atoms with Gasteiger partial charge in [-0.05, 0) is 31.0 Å². The molecule has 3 heterocycles. The van der Waals surface area contributed by atoms with Crippen molar-refractivity contribution in [3.63, 3.8) is 0 Å². The van der Waals surface area contributed by atoms with Crippen LogP contribution in [0.3, 0.4) is 0 Å². The van der Waals surface area contributed by atoms with Crippen LogP contribution in [-0.2, 0) is 11.3 Å². The standard InChI is InChI=1S/C26H27ClN6O3/c1-15-20(27)9-19(16(2)32-25-22-24(29-13-28-22)30-14-31-25)23(35-3)21(15)18-10-33(11-18)26(34)36-12-17-7-5-4-6-8-17/h4-9,13-14,16,18H,10-12H2,1-3H3,(H2,28,29,30,31,32). The van der Waals surface area contributed by atoms with Gasteiger partial charge >= 0.3 is 6.09 Å². The number of imidazole rings is 1. The molecule has 10 heteroatoms. The fraction of sp³-hybridized carbons (Fsp3) is 0.308. The Bertz CT molecular complexity index is 1390. The van der Waals surface area contributed by atoms with Crippen molar-refractivity contribution in [2.75, 3.05) is 25.5 Å². The number of carbonyl (C=O) groups excluding carboxylic acids is 1. The fourth-order valence-corrected chi connectivity index (χ4v) is 4.80. The lowest BCUT2D eigenvalue weighted by Gasteiger charge is -2.40. The molecule has 0 radical (unpaired) electrons. The first-order valence-corrected chi connectivity index (χ1v) is 12.1. The third-order valence-electron chi connectivity index (χ3n) is 6.55. The predicted molar refractivity (Wildman–Crippen MR) is 137 cm³/mol. The number of benzene rings is 2. The van der Waals surface area contributed by atoms with Crippen LogP contribution in [0.2, 0.25) is 5.02 Å². The van der Waals surface area contributed by atoms with Crippen LogP contribution in [0.1, 0.15) is 41.1 Å². The number of rotatable bonds is 7. The zero-order chi connectivity index (χ0) is 25.2. The summed E-state index contributed by atoms with van der Waals surface area (Å²) in [5, 5.41) is 4.06. The highest BCUT2D eigenvalue weighted by Crippen LogP contribution is 2.43. The van der Waals surface area contributed by atoms with Crippen LogP contribution in [0.5, 0.6) is 5.75 Å². The molecule has 0 aliphatic carbocycles. The molecular formula is C26H27ClN6O3. The topological polar surface area (TPSA) is 105 Å². The molecule has 2 N–H and O–H groups in total. The van der Waals surface area contributed by atoms with Gasteiger partial charge in [0.2, 0.25) is 0 Å². The fourth-order valence-electron chi connectivity index (χ4n) is 4.58. The second-order valence-electron chi connectivity index (χ2n) is 8.85. The molecule has 5 rings (SSSR count). The zero-order valence-corrected chi connectivity index (χ0v) is 21.0. The number of nitrogens with one attached hydrogen (secondary N) is 2. The number of carbonyl (C=O) groups is 1. The monoisotopic (exact) mass is 506 g/mol. The summed E-state index contributed by atoms with van der Waals surface area (Å²) in [7, 11) is 1.66. The van der Waals surface area contributed by atoms with E-state index in [1.807, 2.05) is 50.2 Å². The van der Waals surface area contributed by atoms with E-state index in [4.69, 9.17) is 21.1 Å². The molecule has 2 aromatic carbocycles. The number of methoxy groups -OCH3 is 1. The number of hydrogen-bond acceptors (Lipinski definition) is 7. The second kappa shape index (κ2) is 10.0. The first-order valence-electron chi connectivity index (χ1n) is 11.7. The van der Waals surface area contributed by atoms with Crippen LogP contribution in [-0.4, -0.2) is 51.1 Å². The molecule has 36 heavy (non-hydrogen) atoms. The molecule has 1 fully saturated rings. The minimum absolute atomic E-state index is 0.0889. The van der Waals surface area contributed by atoms with Gasteiger partial charge in [-0.3, -0.25) is 0 Å². The number of ether oxygens (including phenoxy) is 2. The number of hydrogen-bond donors (Lipinski definition) is 2. The third-order valence-corrected chi connectivity index (χ3v) is 6.94. The maximum Gasteiger partial charge on any atom is 0.410 e. The zero-order valence-electron chi connectivity index (χ0n) is 20.3. The Morgan fingerprint density at radius 2 is 2.03 bits per heavy atom. The minimum atomic E-state index is -0.323. The number of H-pyrrole nitrogens is 1. The van der Waals surface area contributed by atoms with Gasteiger partial charge in [-0.1, -0.05) is 41.9 Å². The third kappa shape index (κ3) is 4.54. The molecule has 2 aromatic heterocycles. The first-order chi connectivity index (χ1) is 17.5. The van der Waals surface area contributed by atoms with Crippen LogP contribution >= 0.6 is 11.6 Å². The molecule has 0 bridgehead atoms. The molecule has 1 unspecified atom stereocenters. The van der Waals surface area contributed by atoms with Crippen molar-refractivity contribution in [2.24, 2.45) is 0 Å². The number of anilines is 1. The number of fused-ring (bicyclic) bond motifs is 1. The van der Waals surface area contributed by atoms with E-state index in [2.05, 4.69) is 25.3 Å². The van der Waals surface area contributed by atoms with Crippen molar-refractivity contribution >= 4 is 34.7 Å². The summed E-state index contributed by atoms with van der Waals surface area (Å²) in [6, 6.07) is 11.4. The van der Waals surface area contributed by atoms with Crippen LogP contribution in [0.25, 0.3) is 11.2 Å². The van der Waals surface area contributed by atoms with Crippen molar-refractivity contribution in [2.45, 2.75) is 32.4 Å². The molecule has 1 amide bonds. The lowest BCUT2D eigenvalue weighted by Crippen LogP contribution is -2.49. The molecule has 0 saturated carbocycles. The van der Waals surface area contributed by atoms with Gasteiger partial charge in [-0.2, -0.15) is 0 Å². The Morgan fingerprint density at radius 3 is 2.78 bits per heavy atom. The minimum Gasteiger partial charge on any atom is -0.496 e. The van der Waals surface area contributed by atoms with Gasteiger partial charge in [-0.15, -0.1) is 0 Å². The smallest absolute Gasteiger partial charge is 0.410 e. The highest BCUT2D eigenvalue weighted by atomic mass is 35.5. The normalized spacial score (nSPS) is 14.4. The quantitative estimate of drug-likeness (QED) is 0.353. The summed E-state index contributed by atoms with van der Waals surface area (Å²) < 4.78 is 11.4. The molecule has 0 spiro atoms. The first kappa shape index (κ1) is 23.9. The molecule has 1 atom stereocenters. The Balaban J connectivity index is 1.33. The van der Waals surface area contributed by atoms with Crippen LogP contribution < -0.4 is 10.1 Å². The maximum absolute atomic E-state index is 12.6. The van der Waals surface area contributed by atoms with Crippen molar-refractivity contribution in [1.29, 1.82) is 0 Å². The largest absolute Gasteiger partial charge is 0.496 e. The van der Waals surface area contributed by atoms with Gasteiger partial charge in [0.15, 0.2) is 11.5 Å². The maximum atomic E-state index is 12.6. The lowest BCUT2D eigenvalue weighted by molar-refractivity contribution is 0.0658. The summed E-state index contributed by atoms with van der Waals surface area (Å²) in [5.74, 6) is 1.46. The van der Waals surface area contributed by atoms with Gasteiger partial charge in [0.1, 0.15) is 24.2 Å². The second-order valence-corrected chi connectivity index (χ2v) is 9.26. The van der Waals surface area contributed by atoms with Crippen molar-refractivity contribution in [1.82, 2.24) is 24.8 Å². The Labute approximate surface area is 213 Å². The lowest BCUT2D eigenvalue weighted by atomic mass is 9.85. The number of likely N-dealkylation sites (tertiary alicyclic amines) is 1. The molecule has 9 nitrogen and oxygen atoms in total. The predicted octanol–water partition coefficient (Wildman–Crippen LogP) is 5.23. The van der Waals surface area contributed by atoms with Gasteiger partial charge in [0.25, 0.3) is 0 Å². The van der Waals surface area contributed by atoms with E-state index in [0.29, 0.717) is 35.1 Å². The molecular weight excluding hydrogens is 480 g/mol. The molecule has 1 aliphatic heterocycles. The highest BCUT2D eigenvalue weighted by Gasteiger charge is 2.37. The van der Waals surface area contributed by atoms with Gasteiger partial charge in [0.05, 0.1) is 19.5 Å². The van der Waals surface area contributed by atoms with Crippen LogP contribution in [0.15, 0.2) is 49.1 Å². The van der Waals surface area contributed by atoms with E-state index in [0.717, 1.165) is 28.0 Å². The number of amides is 1. The van der Waals surface area contributed by atoms with E-state index < -0.39 is 0 Å². The number of aromatic nitrogens is 4. The number of aromatic amines is 1. The van der Waals surface area contributed by atoms with E-state index in [1.54, 1.807) is 18.3 Å². The summed E-state index contributed by atoms with van der Waals surface area (Å²) in [6.45, 7) is 5.32. The molecule has 1 saturated heterocycles. The Hall–Kier alpha value is -3.85. The summed E-state index contributed by atoms with van der Waals surface area (Å²) >= 11 is 6.68. The van der Waals surface area contributed by atoms with E-state index >= 15 is 0 Å². The summed E-state index contributed by atoms with van der Waals surface area (Å²) in [4.78, 5) is 30.1. The average Bonchev–Trinajstić information content (AvgIpc) is 3.35. The van der Waals surface area contributed by atoms with E-state index in [1.165, 1.54) is 6.33 Å². The Morgan fingerprint density at radius 1 is 1.25 bits per heavy atom. The van der Waals surface area contributed by atoms with E-state index in [9.17, 15) is 4.79 Å². The summed E-state index contributed by atoms with van der Waals surface area (Å²) in [5.41, 5.74) is 5.12. The van der Waals surface area contributed by atoms with Crippen LogP contribution in [0.4, 0.5) is 10.6 Å². The molecule has 186 valence electrons. The number of nitrogens with zero attached hydrogens (tertiary/aromatic N) is 4. The van der Waals surface area contributed by atoms with Gasteiger partial charge < -0.3 is 24.7 Å². The average molecular weight is 507 g/mol. The van der Waals surface area contributed by atoms with Gasteiger partial charge in [-0.25, -0.2) is 19.7 Å². The summed E-state index contributed by atoms with van der Waals surface area (Å²) in [6.07, 6.45) is 2.75. The van der Waals surface area contributed by atoms with Crippen LogP contribution in [0, 0.1) is 6.92 Å². The molecule has 1 aliphatic rings. The van der Waals surface area contributed by atoms with Crippen molar-refractivity contribution in [3.8, 4) is 5.75 Å². The van der Waals surface area contributed by atoms with E-state index in [-0.39, 0.29) is 24.7 Å². The number of halogens is 1. The Kier molecular flexibility index (Phi) is 6.65. The highest BCUT2D eigenvalue weighted by molar-refractivity contribution is 6.31. The van der Waals surface area contributed by atoms with Crippen molar-refractivity contribution < 1.29 is 14.3 Å².